The third kappa shape index (κ3) is 2.56. The lowest BCUT2D eigenvalue weighted by molar-refractivity contribution is 0.598. The van der Waals surface area contributed by atoms with Gasteiger partial charge in [-0.1, -0.05) is 13.8 Å². The number of pyridine rings is 1. The van der Waals surface area contributed by atoms with Crippen LogP contribution in [-0.2, 0) is 29.3 Å². The van der Waals surface area contributed by atoms with Crippen LogP contribution in [-0.4, -0.2) is 13.4 Å². The third-order valence-electron chi connectivity index (χ3n) is 4.07. The summed E-state index contributed by atoms with van der Waals surface area (Å²) in [5.41, 5.74) is 3.37. The van der Waals surface area contributed by atoms with Gasteiger partial charge in [0.25, 0.3) is 0 Å². The van der Waals surface area contributed by atoms with E-state index < -0.39 is 10.0 Å². The molecule has 1 aromatic carbocycles. The molecule has 0 spiro atoms. The molecule has 3 rings (SSSR count). The highest BCUT2D eigenvalue weighted by atomic mass is 32.2. The molecule has 1 aliphatic rings. The number of sulfonamides is 1. The second-order valence-electron chi connectivity index (χ2n) is 6.19. The molecule has 0 saturated carbocycles. The number of nitrogens with two attached hydrogens (primary N) is 1. The Bertz CT molecular complexity index is 811. The normalized spacial score (nSPS) is 14.9. The molecule has 0 saturated heterocycles. The van der Waals surface area contributed by atoms with Crippen molar-refractivity contribution >= 4 is 20.8 Å². The molecule has 5 heteroatoms. The maximum Gasteiger partial charge on any atom is 0.238 e. The number of rotatable bonds is 3. The van der Waals surface area contributed by atoms with Crippen LogP contribution in [0.3, 0.4) is 0 Å². The Morgan fingerprint density at radius 3 is 2.76 bits per heavy atom. The monoisotopic (exact) mass is 304 g/mol. The quantitative estimate of drug-likeness (QED) is 0.947. The summed E-state index contributed by atoms with van der Waals surface area (Å²) in [6, 6.07) is 3.54. The predicted molar refractivity (Wildman–Crippen MR) is 83.7 cm³/mol. The Morgan fingerprint density at radius 2 is 2.10 bits per heavy atom. The first-order valence-electron chi connectivity index (χ1n) is 7.33. The Kier molecular flexibility index (Phi) is 3.50. The van der Waals surface area contributed by atoms with Gasteiger partial charge < -0.3 is 0 Å². The molecule has 21 heavy (non-hydrogen) atoms. The van der Waals surface area contributed by atoms with Crippen molar-refractivity contribution in [1.82, 2.24) is 4.98 Å². The molecular weight excluding hydrogens is 284 g/mol. The molecule has 0 unspecified atom stereocenters. The van der Waals surface area contributed by atoms with Gasteiger partial charge in [0.2, 0.25) is 10.0 Å². The Hall–Kier alpha value is -1.46. The highest BCUT2D eigenvalue weighted by Gasteiger charge is 2.23. The van der Waals surface area contributed by atoms with E-state index in [9.17, 15) is 8.42 Å². The van der Waals surface area contributed by atoms with Gasteiger partial charge in [-0.3, -0.25) is 4.98 Å². The average Bonchev–Trinajstić information content (AvgIpc) is 2.84. The van der Waals surface area contributed by atoms with E-state index >= 15 is 0 Å². The highest BCUT2D eigenvalue weighted by Crippen LogP contribution is 2.36. The second-order valence-corrected chi connectivity index (χ2v) is 7.72. The van der Waals surface area contributed by atoms with Crippen LogP contribution in [0, 0.1) is 5.92 Å². The molecule has 112 valence electrons. The van der Waals surface area contributed by atoms with Gasteiger partial charge in [0, 0.05) is 22.7 Å². The van der Waals surface area contributed by atoms with E-state index in [1.54, 1.807) is 18.3 Å². The average molecular weight is 304 g/mol. The first kappa shape index (κ1) is 14.5. The van der Waals surface area contributed by atoms with Gasteiger partial charge in [-0.15, -0.1) is 0 Å². The predicted octanol–water partition coefficient (Wildman–Crippen LogP) is 2.57. The molecule has 0 fully saturated rings. The Balaban J connectivity index is 2.41. The third-order valence-corrected chi connectivity index (χ3v) is 5.02. The number of hydrogen-bond donors (Lipinski definition) is 1. The zero-order valence-corrected chi connectivity index (χ0v) is 13.2. The lowest BCUT2D eigenvalue weighted by Crippen LogP contribution is -2.14. The van der Waals surface area contributed by atoms with Crippen molar-refractivity contribution < 1.29 is 8.42 Å². The minimum Gasteiger partial charge on any atom is -0.261 e. The maximum absolute atomic E-state index is 11.9. The van der Waals surface area contributed by atoms with Crippen LogP contribution in [0.25, 0.3) is 10.8 Å². The Labute approximate surface area is 125 Å². The molecule has 1 aliphatic carbocycles. The van der Waals surface area contributed by atoms with Crippen LogP contribution in [0.5, 0.6) is 0 Å². The number of nitrogens with zero attached hydrogens (tertiary/aromatic N) is 1. The first-order valence-corrected chi connectivity index (χ1v) is 8.87. The zero-order valence-electron chi connectivity index (χ0n) is 12.4. The zero-order chi connectivity index (χ0) is 15.2. The van der Waals surface area contributed by atoms with Crippen LogP contribution in [0.4, 0.5) is 0 Å². The van der Waals surface area contributed by atoms with E-state index in [4.69, 9.17) is 5.14 Å². The fourth-order valence-electron chi connectivity index (χ4n) is 3.27. The van der Waals surface area contributed by atoms with Crippen LogP contribution in [0.2, 0.25) is 0 Å². The molecule has 1 aromatic heterocycles. The van der Waals surface area contributed by atoms with E-state index in [0.29, 0.717) is 5.92 Å². The second kappa shape index (κ2) is 5.07. The van der Waals surface area contributed by atoms with Crippen molar-refractivity contribution in [3.8, 4) is 0 Å². The van der Waals surface area contributed by atoms with Crippen LogP contribution in [0.15, 0.2) is 23.2 Å². The van der Waals surface area contributed by atoms with Gasteiger partial charge in [-0.25, -0.2) is 13.6 Å². The largest absolute Gasteiger partial charge is 0.261 e. The van der Waals surface area contributed by atoms with E-state index in [1.165, 1.54) is 5.56 Å². The summed E-state index contributed by atoms with van der Waals surface area (Å²) in [5.74, 6) is 0.471. The summed E-state index contributed by atoms with van der Waals surface area (Å²) in [4.78, 5) is 4.75. The van der Waals surface area contributed by atoms with Gasteiger partial charge in [-0.05, 0) is 54.9 Å². The van der Waals surface area contributed by atoms with Crippen LogP contribution >= 0.6 is 0 Å². The van der Waals surface area contributed by atoms with Crippen molar-refractivity contribution in [3.05, 3.63) is 35.2 Å². The van der Waals surface area contributed by atoms with Crippen molar-refractivity contribution in [2.24, 2.45) is 11.1 Å². The fraction of sp³-hybridized carbons (Fsp3) is 0.438. The van der Waals surface area contributed by atoms with Crippen LogP contribution < -0.4 is 5.14 Å². The van der Waals surface area contributed by atoms with E-state index in [-0.39, 0.29) is 4.90 Å². The van der Waals surface area contributed by atoms with Crippen molar-refractivity contribution in [1.29, 1.82) is 0 Å². The number of fused-ring (bicyclic) bond motifs is 3. The van der Waals surface area contributed by atoms with Gasteiger partial charge in [0.05, 0.1) is 4.90 Å². The van der Waals surface area contributed by atoms with Crippen molar-refractivity contribution in [2.75, 3.05) is 0 Å². The van der Waals surface area contributed by atoms with Gasteiger partial charge in [0.1, 0.15) is 0 Å². The molecule has 0 amide bonds. The molecule has 0 aliphatic heterocycles. The minimum atomic E-state index is -3.72. The lowest BCUT2D eigenvalue weighted by Gasteiger charge is -2.14. The lowest BCUT2D eigenvalue weighted by atomic mass is 9.96. The van der Waals surface area contributed by atoms with Crippen LogP contribution in [0.1, 0.15) is 37.1 Å². The number of benzene rings is 1. The van der Waals surface area contributed by atoms with Gasteiger partial charge in [0.15, 0.2) is 0 Å². The molecule has 2 aromatic rings. The smallest absolute Gasteiger partial charge is 0.238 e. The van der Waals surface area contributed by atoms with E-state index in [1.807, 2.05) is 0 Å². The van der Waals surface area contributed by atoms with E-state index in [2.05, 4.69) is 18.8 Å². The molecule has 1 heterocycles. The summed E-state index contributed by atoms with van der Waals surface area (Å²) in [5, 5.41) is 7.16. The number of aryl methyl sites for hydroxylation is 2. The standard InChI is InChI=1S/C16H20N2O2S/c1-10(2)8-14-16-12-5-3-4-11(12)9-15(21(17,19)20)13(16)6-7-18-14/h6-7,9-10H,3-5,8H2,1-2H3,(H2,17,19,20). The number of primary sulfonamides is 1. The molecule has 0 bridgehead atoms. The summed E-state index contributed by atoms with van der Waals surface area (Å²) in [6.45, 7) is 4.29. The fourth-order valence-corrected chi connectivity index (χ4v) is 4.06. The molecule has 4 nitrogen and oxygen atoms in total. The van der Waals surface area contributed by atoms with Gasteiger partial charge in [-0.2, -0.15) is 0 Å². The summed E-state index contributed by atoms with van der Waals surface area (Å²) in [7, 11) is -3.72. The molecular formula is C16H20N2O2S. The highest BCUT2D eigenvalue weighted by molar-refractivity contribution is 7.89. The number of aromatic nitrogens is 1. The summed E-state index contributed by atoms with van der Waals surface area (Å²) < 4.78 is 23.9. The minimum absolute atomic E-state index is 0.241. The van der Waals surface area contributed by atoms with Gasteiger partial charge >= 0.3 is 0 Å². The van der Waals surface area contributed by atoms with Crippen molar-refractivity contribution in [2.45, 2.75) is 44.4 Å². The number of hydrogen-bond acceptors (Lipinski definition) is 3. The molecule has 2 N–H and O–H groups in total. The molecule has 0 radical (unpaired) electrons. The maximum atomic E-state index is 11.9. The van der Waals surface area contributed by atoms with Crippen molar-refractivity contribution in [3.63, 3.8) is 0 Å². The summed E-state index contributed by atoms with van der Waals surface area (Å²) >= 11 is 0. The summed E-state index contributed by atoms with van der Waals surface area (Å²) in [6.07, 6.45) is 5.51. The van der Waals surface area contributed by atoms with E-state index in [0.717, 1.165) is 47.7 Å². The SMILES string of the molecule is CC(C)Cc1nccc2c(S(N)(=O)=O)cc3c(c12)CCC3. The topological polar surface area (TPSA) is 73.0 Å². The first-order chi connectivity index (χ1) is 9.88. The molecule has 0 atom stereocenters. The Morgan fingerprint density at radius 1 is 1.33 bits per heavy atom.